The van der Waals surface area contributed by atoms with E-state index in [1.54, 1.807) is 18.5 Å². The summed E-state index contributed by atoms with van der Waals surface area (Å²) in [7, 11) is 3.01. The summed E-state index contributed by atoms with van der Waals surface area (Å²) >= 11 is 2.11. The minimum atomic E-state index is -0.683. The number of hydrogen-bond donors (Lipinski definition) is 2. The lowest BCUT2D eigenvalue weighted by molar-refractivity contribution is -0.113. The molecule has 0 unspecified atom stereocenters. The summed E-state index contributed by atoms with van der Waals surface area (Å²) in [5.74, 6) is -0.369. The fraction of sp³-hybridized carbons (Fsp3) is 0.318. The highest BCUT2D eigenvalue weighted by molar-refractivity contribution is 7.99. The smallest absolute Gasteiger partial charge is 0.341 e. The molecule has 3 aromatic rings. The SMILES string of the molecule is COC(=O)c1c(NC(=O)CSc2nnc(COc3cc(C)cc(C)c3)n2C)sc(C(N)=O)c1C. The molecule has 2 aromatic heterocycles. The molecule has 3 N–H and O–H groups in total. The molecule has 1 aromatic carbocycles. The number of thioether (sulfide) groups is 1. The first kappa shape index (κ1) is 25.2. The fourth-order valence-corrected chi connectivity index (χ4v) is 5.03. The van der Waals surface area contributed by atoms with E-state index in [1.807, 2.05) is 26.0 Å². The van der Waals surface area contributed by atoms with E-state index in [-0.39, 0.29) is 33.7 Å². The van der Waals surface area contributed by atoms with Crippen molar-refractivity contribution in [1.29, 1.82) is 0 Å². The van der Waals surface area contributed by atoms with Gasteiger partial charge in [0, 0.05) is 7.05 Å². The van der Waals surface area contributed by atoms with E-state index in [4.69, 9.17) is 15.2 Å². The molecule has 12 heteroatoms. The number of esters is 1. The van der Waals surface area contributed by atoms with Crippen molar-refractivity contribution < 1.29 is 23.9 Å². The lowest BCUT2D eigenvalue weighted by atomic mass is 10.1. The highest BCUT2D eigenvalue weighted by atomic mass is 32.2. The van der Waals surface area contributed by atoms with Gasteiger partial charge in [-0.2, -0.15) is 0 Å². The first-order valence-electron chi connectivity index (χ1n) is 10.1. The second kappa shape index (κ2) is 10.7. The number of benzene rings is 1. The molecule has 2 heterocycles. The van der Waals surface area contributed by atoms with Gasteiger partial charge in [-0.25, -0.2) is 4.79 Å². The molecule has 0 aliphatic heterocycles. The van der Waals surface area contributed by atoms with Crippen molar-refractivity contribution in [3.05, 3.63) is 51.2 Å². The third-order valence-corrected chi connectivity index (χ3v) is 7.08. The van der Waals surface area contributed by atoms with E-state index in [0.29, 0.717) is 16.5 Å². The van der Waals surface area contributed by atoms with Gasteiger partial charge in [-0.15, -0.1) is 21.5 Å². The number of carbonyl (C=O) groups is 3. The van der Waals surface area contributed by atoms with Gasteiger partial charge in [0.05, 0.1) is 23.3 Å². The number of methoxy groups -OCH3 is 1. The molecule has 0 saturated carbocycles. The number of aryl methyl sites for hydroxylation is 2. The maximum absolute atomic E-state index is 12.6. The molecule has 3 rings (SSSR count). The zero-order valence-electron chi connectivity index (χ0n) is 19.4. The Morgan fingerprint density at radius 1 is 1.15 bits per heavy atom. The summed E-state index contributed by atoms with van der Waals surface area (Å²) < 4.78 is 12.4. The maximum atomic E-state index is 12.6. The molecular formula is C22H25N5O5S2. The molecule has 0 aliphatic rings. The van der Waals surface area contributed by atoms with Crippen LogP contribution < -0.4 is 15.8 Å². The summed E-state index contributed by atoms with van der Waals surface area (Å²) in [4.78, 5) is 36.5. The standard InChI is InChI=1S/C22H25N5O5S2/c1-11-6-12(2)8-14(7-11)32-9-15-25-26-22(27(15)4)33-10-16(28)24-20-17(21(30)31-5)13(3)18(34-20)19(23)29/h6-8H,9-10H2,1-5H3,(H2,23,29)(H,24,28). The Bertz CT molecular complexity index is 1230. The number of primary amides is 1. The second-order valence-electron chi connectivity index (χ2n) is 7.52. The number of anilines is 1. The number of nitrogens with two attached hydrogens (primary N) is 1. The van der Waals surface area contributed by atoms with E-state index in [2.05, 4.69) is 21.6 Å². The van der Waals surface area contributed by atoms with Crippen LogP contribution in [0.2, 0.25) is 0 Å². The lowest BCUT2D eigenvalue weighted by Crippen LogP contribution is -2.16. The first-order valence-corrected chi connectivity index (χ1v) is 11.9. The molecule has 34 heavy (non-hydrogen) atoms. The van der Waals surface area contributed by atoms with Gasteiger partial charge in [-0.05, 0) is 49.6 Å². The number of nitrogens with zero attached hydrogens (tertiary/aromatic N) is 3. The summed E-state index contributed by atoms with van der Waals surface area (Å²) in [5, 5.41) is 11.7. The van der Waals surface area contributed by atoms with Gasteiger partial charge in [0.15, 0.2) is 11.0 Å². The molecule has 0 aliphatic carbocycles. The Balaban J connectivity index is 1.64. The lowest BCUT2D eigenvalue weighted by Gasteiger charge is -2.08. The van der Waals surface area contributed by atoms with Crippen molar-refractivity contribution in [2.45, 2.75) is 32.5 Å². The number of nitrogens with one attached hydrogen (secondary N) is 1. The van der Waals surface area contributed by atoms with Gasteiger partial charge in [-0.1, -0.05) is 17.8 Å². The van der Waals surface area contributed by atoms with Crippen LogP contribution in [-0.2, 0) is 23.2 Å². The number of thiophene rings is 1. The van der Waals surface area contributed by atoms with Crippen molar-refractivity contribution in [3.8, 4) is 5.75 Å². The number of ether oxygens (including phenoxy) is 2. The molecule has 0 spiro atoms. The van der Waals surface area contributed by atoms with E-state index in [9.17, 15) is 14.4 Å². The highest BCUT2D eigenvalue weighted by Gasteiger charge is 2.25. The third-order valence-electron chi connectivity index (χ3n) is 4.83. The fourth-order valence-electron chi connectivity index (χ4n) is 3.24. The minimum absolute atomic E-state index is 0.00731. The summed E-state index contributed by atoms with van der Waals surface area (Å²) in [6.45, 7) is 5.81. The molecule has 0 bridgehead atoms. The van der Waals surface area contributed by atoms with Crippen molar-refractivity contribution >= 4 is 45.9 Å². The maximum Gasteiger partial charge on any atom is 0.341 e. The Hall–Kier alpha value is -3.38. The molecular weight excluding hydrogens is 478 g/mol. The highest BCUT2D eigenvalue weighted by Crippen LogP contribution is 2.33. The van der Waals surface area contributed by atoms with Crippen LogP contribution in [-0.4, -0.2) is 45.4 Å². The van der Waals surface area contributed by atoms with Gasteiger partial charge >= 0.3 is 5.97 Å². The molecule has 10 nitrogen and oxygen atoms in total. The average Bonchev–Trinajstić information content (AvgIpc) is 3.28. The van der Waals surface area contributed by atoms with Gasteiger partial charge in [0.2, 0.25) is 5.91 Å². The zero-order chi connectivity index (χ0) is 25.0. The number of aromatic nitrogens is 3. The molecule has 0 radical (unpaired) electrons. The average molecular weight is 504 g/mol. The molecule has 0 fully saturated rings. The summed E-state index contributed by atoms with van der Waals surface area (Å²) in [6.07, 6.45) is 0. The zero-order valence-corrected chi connectivity index (χ0v) is 21.1. The monoisotopic (exact) mass is 503 g/mol. The Labute approximate surface area is 204 Å². The number of hydrogen-bond acceptors (Lipinski definition) is 9. The van der Waals surface area contributed by atoms with Crippen molar-refractivity contribution in [3.63, 3.8) is 0 Å². The van der Waals surface area contributed by atoms with Crippen LogP contribution in [0.5, 0.6) is 5.75 Å². The van der Waals surface area contributed by atoms with Gasteiger partial charge in [-0.3, -0.25) is 9.59 Å². The van der Waals surface area contributed by atoms with Crippen LogP contribution in [0.15, 0.2) is 23.4 Å². The number of rotatable bonds is 9. The predicted octanol–water partition coefficient (Wildman–Crippen LogP) is 3.00. The Morgan fingerprint density at radius 2 is 1.82 bits per heavy atom. The number of amides is 2. The normalized spacial score (nSPS) is 10.7. The summed E-state index contributed by atoms with van der Waals surface area (Å²) in [6, 6.07) is 5.96. The third kappa shape index (κ3) is 5.75. The Morgan fingerprint density at radius 3 is 2.44 bits per heavy atom. The van der Waals surface area contributed by atoms with Gasteiger partial charge in [0.25, 0.3) is 5.91 Å². The van der Waals surface area contributed by atoms with Crippen LogP contribution in [0.3, 0.4) is 0 Å². The molecule has 180 valence electrons. The van der Waals surface area contributed by atoms with Crippen LogP contribution in [0, 0.1) is 20.8 Å². The molecule has 2 amide bonds. The molecule has 0 atom stereocenters. The van der Waals surface area contributed by atoms with Crippen LogP contribution in [0.4, 0.5) is 5.00 Å². The van der Waals surface area contributed by atoms with E-state index < -0.39 is 11.9 Å². The number of carbonyl (C=O) groups excluding carboxylic acids is 3. The van der Waals surface area contributed by atoms with Gasteiger partial charge < -0.3 is 25.1 Å². The largest absolute Gasteiger partial charge is 0.486 e. The van der Waals surface area contributed by atoms with Crippen molar-refractivity contribution in [1.82, 2.24) is 14.8 Å². The summed E-state index contributed by atoms with van der Waals surface area (Å²) in [5.41, 5.74) is 8.07. The van der Waals surface area contributed by atoms with E-state index in [0.717, 1.165) is 28.2 Å². The van der Waals surface area contributed by atoms with Crippen molar-refractivity contribution in [2.75, 3.05) is 18.2 Å². The van der Waals surface area contributed by atoms with Crippen LogP contribution in [0.1, 0.15) is 42.5 Å². The van der Waals surface area contributed by atoms with Crippen LogP contribution >= 0.6 is 23.1 Å². The van der Waals surface area contributed by atoms with Crippen molar-refractivity contribution in [2.24, 2.45) is 12.8 Å². The quantitative estimate of drug-likeness (QED) is 0.336. The predicted molar refractivity (Wildman–Crippen MR) is 130 cm³/mol. The first-order chi connectivity index (χ1) is 16.1. The second-order valence-corrected chi connectivity index (χ2v) is 9.49. The van der Waals surface area contributed by atoms with Crippen LogP contribution in [0.25, 0.3) is 0 Å². The van der Waals surface area contributed by atoms with E-state index in [1.165, 1.54) is 18.9 Å². The Kier molecular flexibility index (Phi) is 7.94. The van der Waals surface area contributed by atoms with Gasteiger partial charge in [0.1, 0.15) is 17.4 Å². The molecule has 0 saturated heterocycles. The minimum Gasteiger partial charge on any atom is -0.486 e. The van der Waals surface area contributed by atoms with E-state index >= 15 is 0 Å². The topological polar surface area (TPSA) is 138 Å².